The Bertz CT molecular complexity index is 745. The Labute approximate surface area is 178 Å². The molecule has 30 heavy (non-hydrogen) atoms. The van der Waals surface area contributed by atoms with Crippen molar-refractivity contribution in [3.63, 3.8) is 0 Å². The van der Waals surface area contributed by atoms with E-state index in [0.29, 0.717) is 31.0 Å². The molecule has 0 unspecified atom stereocenters. The molecule has 0 aliphatic heterocycles. The smallest absolute Gasteiger partial charge is 0.326 e. The lowest BCUT2D eigenvalue weighted by Gasteiger charge is -2.18. The highest BCUT2D eigenvalue weighted by Crippen LogP contribution is 2.14. The molecule has 6 N–H and O–H groups in total. The first-order valence-electron chi connectivity index (χ1n) is 9.39. The maximum Gasteiger partial charge on any atom is 0.326 e. The third kappa shape index (κ3) is 10.1. The van der Waals surface area contributed by atoms with Crippen LogP contribution in [0, 0.1) is 0 Å². The van der Waals surface area contributed by atoms with Gasteiger partial charge in [-0.15, -0.1) is 0 Å². The zero-order valence-corrected chi connectivity index (χ0v) is 17.0. The van der Waals surface area contributed by atoms with Gasteiger partial charge in [0.15, 0.2) is 0 Å². The fraction of sp³-hybridized carbons (Fsp3) is 0.474. The van der Waals surface area contributed by atoms with Gasteiger partial charge in [0.2, 0.25) is 0 Å². The van der Waals surface area contributed by atoms with Crippen molar-refractivity contribution in [1.29, 1.82) is 0 Å². The summed E-state index contributed by atoms with van der Waals surface area (Å²) in [7, 11) is 0. The fourth-order valence-electron chi connectivity index (χ4n) is 2.60. The van der Waals surface area contributed by atoms with E-state index in [1.165, 1.54) is 0 Å². The summed E-state index contributed by atoms with van der Waals surface area (Å²) in [6.07, 6.45) is 0.569. The molecule has 1 rings (SSSR count). The van der Waals surface area contributed by atoms with E-state index in [1.54, 1.807) is 6.07 Å². The number of carboxylic acid groups (broad SMARTS) is 3. The topological polar surface area (TPSA) is 165 Å². The molecule has 0 aliphatic carbocycles. The third-order valence-electron chi connectivity index (χ3n) is 4.22. The molecule has 0 saturated carbocycles. The maximum absolute atomic E-state index is 11.9. The largest absolute Gasteiger partial charge is 0.481 e. The van der Waals surface area contributed by atoms with Crippen molar-refractivity contribution >= 4 is 35.5 Å². The number of halogens is 1. The lowest BCUT2D eigenvalue weighted by Crippen LogP contribution is -2.51. The van der Waals surface area contributed by atoms with Crippen molar-refractivity contribution in [3.8, 4) is 0 Å². The summed E-state index contributed by atoms with van der Waals surface area (Å²) in [4.78, 5) is 44.9. The number of rotatable bonds is 14. The number of carbonyl (C=O) groups excluding carboxylic acids is 1. The average Bonchev–Trinajstić information content (AvgIpc) is 2.67. The first-order chi connectivity index (χ1) is 14.2. The van der Waals surface area contributed by atoms with Gasteiger partial charge in [-0.3, -0.25) is 4.79 Å². The predicted octanol–water partition coefficient (Wildman–Crippen LogP) is 1.67. The molecule has 1 aromatic carbocycles. The van der Waals surface area contributed by atoms with Gasteiger partial charge >= 0.3 is 23.9 Å². The molecule has 10 nitrogen and oxygen atoms in total. The zero-order valence-electron chi connectivity index (χ0n) is 16.3. The van der Waals surface area contributed by atoms with Crippen LogP contribution in [0.15, 0.2) is 24.3 Å². The van der Waals surface area contributed by atoms with Crippen LogP contribution in [0.3, 0.4) is 0 Å². The molecule has 166 valence electrons. The summed E-state index contributed by atoms with van der Waals surface area (Å²) in [5.74, 6) is -3.84. The average molecular weight is 444 g/mol. The first kappa shape index (κ1) is 25.2. The number of nitrogens with one attached hydrogen (secondary N) is 3. The Hall–Kier alpha value is -2.85. The first-order valence-corrected chi connectivity index (χ1v) is 9.77. The molecule has 0 radical (unpaired) electrons. The summed E-state index contributed by atoms with van der Waals surface area (Å²) >= 11 is 6.06. The number of aliphatic carboxylic acids is 3. The second-order valence-electron chi connectivity index (χ2n) is 6.60. The van der Waals surface area contributed by atoms with Crippen LogP contribution in [0.4, 0.5) is 4.79 Å². The molecule has 11 heteroatoms. The van der Waals surface area contributed by atoms with Crippen LogP contribution < -0.4 is 16.0 Å². The van der Waals surface area contributed by atoms with Crippen LogP contribution in [0.1, 0.15) is 37.7 Å². The summed E-state index contributed by atoms with van der Waals surface area (Å²) in [6.45, 7) is 1.20. The second-order valence-corrected chi connectivity index (χ2v) is 7.00. The van der Waals surface area contributed by atoms with Crippen molar-refractivity contribution in [2.45, 2.75) is 50.7 Å². The Morgan fingerprint density at radius 2 is 1.50 bits per heavy atom. The lowest BCUT2D eigenvalue weighted by atomic mass is 10.1. The van der Waals surface area contributed by atoms with Crippen molar-refractivity contribution in [3.05, 3.63) is 34.9 Å². The van der Waals surface area contributed by atoms with E-state index in [4.69, 9.17) is 21.8 Å². The van der Waals surface area contributed by atoms with Crippen LogP contribution in [0.2, 0.25) is 5.02 Å². The molecule has 0 saturated heterocycles. The molecular formula is C19H26ClN3O7. The van der Waals surface area contributed by atoms with Gasteiger partial charge in [0.1, 0.15) is 12.1 Å². The highest BCUT2D eigenvalue weighted by molar-refractivity contribution is 6.31. The fourth-order valence-corrected chi connectivity index (χ4v) is 2.81. The molecule has 0 aliphatic rings. The quantitative estimate of drug-likeness (QED) is 0.236. The lowest BCUT2D eigenvalue weighted by molar-refractivity contribution is -0.140. The van der Waals surface area contributed by atoms with Gasteiger partial charge in [-0.25, -0.2) is 14.4 Å². The molecule has 0 fully saturated rings. The van der Waals surface area contributed by atoms with E-state index in [1.807, 2.05) is 18.2 Å². The summed E-state index contributed by atoms with van der Waals surface area (Å²) in [5.41, 5.74) is 0.955. The molecule has 0 aromatic heterocycles. The second kappa shape index (κ2) is 13.4. The summed E-state index contributed by atoms with van der Waals surface area (Å²) in [6, 6.07) is 3.83. The minimum atomic E-state index is -1.43. The highest BCUT2D eigenvalue weighted by atomic mass is 35.5. The van der Waals surface area contributed by atoms with Crippen LogP contribution in [-0.4, -0.2) is 57.9 Å². The molecule has 0 heterocycles. The standard InChI is InChI=1S/C19H26ClN3O7/c20-13-6-2-1-5-12(13)11-21-10-4-3-7-14(17(26)27)22-19(30)23-15(18(28)29)8-9-16(24)25/h1-2,5-6,14-15,21H,3-4,7-11H2,(H,24,25)(H,26,27)(H,28,29)(H2,22,23,30)/t14-,15-/m0/s1. The summed E-state index contributed by atoms with van der Waals surface area (Å²) < 4.78 is 0. The number of hydrogen-bond acceptors (Lipinski definition) is 5. The number of unbranched alkanes of at least 4 members (excludes halogenated alkanes) is 1. The number of carboxylic acids is 3. The van der Waals surface area contributed by atoms with E-state index in [-0.39, 0.29) is 12.8 Å². The molecule has 0 bridgehead atoms. The molecule has 2 atom stereocenters. The zero-order chi connectivity index (χ0) is 22.5. The monoisotopic (exact) mass is 443 g/mol. The molecule has 1 aromatic rings. The van der Waals surface area contributed by atoms with Crippen LogP contribution in [0.5, 0.6) is 0 Å². The number of benzene rings is 1. The van der Waals surface area contributed by atoms with E-state index in [2.05, 4.69) is 16.0 Å². The number of urea groups is 1. The highest BCUT2D eigenvalue weighted by Gasteiger charge is 2.24. The number of carbonyl (C=O) groups is 4. The van der Waals surface area contributed by atoms with E-state index in [0.717, 1.165) is 5.56 Å². The van der Waals surface area contributed by atoms with Gasteiger partial charge in [-0.1, -0.05) is 29.8 Å². The molecule has 0 spiro atoms. The van der Waals surface area contributed by atoms with Gasteiger partial charge in [0, 0.05) is 18.0 Å². The van der Waals surface area contributed by atoms with Crippen LogP contribution in [-0.2, 0) is 20.9 Å². The SMILES string of the molecule is O=C(O)CC[C@H](NC(=O)N[C@@H](CCCCNCc1ccccc1Cl)C(=O)O)C(=O)O. The minimum Gasteiger partial charge on any atom is -0.481 e. The van der Waals surface area contributed by atoms with E-state index >= 15 is 0 Å². The van der Waals surface area contributed by atoms with E-state index in [9.17, 15) is 24.3 Å². The Morgan fingerprint density at radius 3 is 2.07 bits per heavy atom. The van der Waals surface area contributed by atoms with Crippen molar-refractivity contribution in [2.24, 2.45) is 0 Å². The van der Waals surface area contributed by atoms with Crippen LogP contribution in [0.25, 0.3) is 0 Å². The van der Waals surface area contributed by atoms with E-state index < -0.39 is 42.4 Å². The summed E-state index contributed by atoms with van der Waals surface area (Å²) in [5, 5.41) is 35.1. The normalized spacial score (nSPS) is 12.6. The number of hydrogen-bond donors (Lipinski definition) is 6. The minimum absolute atomic E-state index is 0.156. The van der Waals surface area contributed by atoms with Crippen LogP contribution >= 0.6 is 11.6 Å². The Kier molecular flexibility index (Phi) is 11.2. The van der Waals surface area contributed by atoms with Gasteiger partial charge in [-0.05, 0) is 43.9 Å². The van der Waals surface area contributed by atoms with Crippen molar-refractivity contribution < 1.29 is 34.5 Å². The van der Waals surface area contributed by atoms with Crippen molar-refractivity contribution in [2.75, 3.05) is 6.54 Å². The van der Waals surface area contributed by atoms with Gasteiger partial charge < -0.3 is 31.3 Å². The van der Waals surface area contributed by atoms with Gasteiger partial charge in [-0.2, -0.15) is 0 Å². The third-order valence-corrected chi connectivity index (χ3v) is 4.59. The van der Waals surface area contributed by atoms with Gasteiger partial charge in [0.05, 0.1) is 0 Å². The molecule has 2 amide bonds. The Balaban J connectivity index is 2.36. The Morgan fingerprint density at radius 1 is 0.900 bits per heavy atom. The number of amides is 2. The predicted molar refractivity (Wildman–Crippen MR) is 108 cm³/mol. The van der Waals surface area contributed by atoms with Gasteiger partial charge in [0.25, 0.3) is 0 Å². The van der Waals surface area contributed by atoms with Crippen molar-refractivity contribution in [1.82, 2.24) is 16.0 Å². The maximum atomic E-state index is 11.9. The molecular weight excluding hydrogens is 418 g/mol.